The van der Waals surface area contributed by atoms with E-state index in [2.05, 4.69) is 61.2 Å². The van der Waals surface area contributed by atoms with Gasteiger partial charge in [0.1, 0.15) is 5.60 Å². The summed E-state index contributed by atoms with van der Waals surface area (Å²) >= 11 is 0. The Bertz CT molecular complexity index is 800. The van der Waals surface area contributed by atoms with Crippen molar-refractivity contribution in [1.82, 2.24) is 15.2 Å². The molecule has 5 nitrogen and oxygen atoms in total. The number of nitrogens with one attached hydrogen (secondary N) is 2. The first-order valence-corrected chi connectivity index (χ1v) is 9.75. The van der Waals surface area contributed by atoms with Crippen LogP contribution in [-0.2, 0) is 5.60 Å². The van der Waals surface area contributed by atoms with Crippen LogP contribution in [0.3, 0.4) is 0 Å². The lowest BCUT2D eigenvalue weighted by Crippen LogP contribution is -2.27. The first-order chi connectivity index (χ1) is 12.2. The van der Waals surface area contributed by atoms with Crippen molar-refractivity contribution in [3.05, 3.63) is 29.5 Å². The summed E-state index contributed by atoms with van der Waals surface area (Å²) in [6.07, 6.45) is 8.99. The molecule has 142 valence electrons. The summed E-state index contributed by atoms with van der Waals surface area (Å²) in [6, 6.07) is 2.20. The van der Waals surface area contributed by atoms with Crippen molar-refractivity contribution in [2.45, 2.75) is 78.4 Å². The molecule has 2 aromatic heterocycles. The summed E-state index contributed by atoms with van der Waals surface area (Å²) in [5.74, 6) is 0.763. The van der Waals surface area contributed by atoms with E-state index < -0.39 is 5.60 Å². The molecule has 0 radical (unpaired) electrons. The van der Waals surface area contributed by atoms with Crippen LogP contribution in [0.4, 0.5) is 5.82 Å². The molecule has 0 spiro atoms. The van der Waals surface area contributed by atoms with Crippen LogP contribution in [0.2, 0.25) is 0 Å². The number of allylic oxidation sites excluding steroid dienone is 1. The number of pyridine rings is 1. The Kier molecular flexibility index (Phi) is 5.11. The van der Waals surface area contributed by atoms with E-state index in [1.165, 1.54) is 12.0 Å². The lowest BCUT2D eigenvalue weighted by Gasteiger charge is -2.33. The van der Waals surface area contributed by atoms with Crippen LogP contribution in [-0.4, -0.2) is 26.3 Å². The third-order valence-electron chi connectivity index (χ3n) is 5.23. The molecule has 0 bridgehead atoms. The van der Waals surface area contributed by atoms with Gasteiger partial charge in [0.25, 0.3) is 0 Å². The van der Waals surface area contributed by atoms with Crippen molar-refractivity contribution >= 4 is 16.9 Å². The van der Waals surface area contributed by atoms with Gasteiger partial charge < -0.3 is 10.4 Å². The summed E-state index contributed by atoms with van der Waals surface area (Å²) in [7, 11) is 0. The Hall–Kier alpha value is -1.88. The summed E-state index contributed by atoms with van der Waals surface area (Å²) < 4.78 is 0. The number of fused-ring (bicyclic) bond motifs is 1. The number of aromatic nitrogens is 3. The molecule has 3 rings (SSSR count). The predicted octanol–water partition coefficient (Wildman–Crippen LogP) is 4.90. The zero-order valence-electron chi connectivity index (χ0n) is 16.7. The molecule has 0 saturated heterocycles. The number of hydrogen-bond donors (Lipinski definition) is 3. The predicted molar refractivity (Wildman–Crippen MR) is 107 cm³/mol. The highest BCUT2D eigenvalue weighted by Crippen LogP contribution is 2.42. The van der Waals surface area contributed by atoms with Gasteiger partial charge in [-0.3, -0.25) is 5.10 Å². The average molecular weight is 357 g/mol. The van der Waals surface area contributed by atoms with Crippen LogP contribution in [0, 0.1) is 5.41 Å². The summed E-state index contributed by atoms with van der Waals surface area (Å²) in [4.78, 5) is 4.42. The Morgan fingerprint density at radius 2 is 2.00 bits per heavy atom. The second-order valence-corrected chi connectivity index (χ2v) is 8.86. The molecule has 2 heterocycles. The van der Waals surface area contributed by atoms with Crippen molar-refractivity contribution in [3.63, 3.8) is 0 Å². The number of H-pyrrole nitrogens is 1. The van der Waals surface area contributed by atoms with E-state index in [1.807, 2.05) is 6.07 Å². The molecular weight excluding hydrogens is 324 g/mol. The number of aliphatic hydroxyl groups is 1. The zero-order valence-corrected chi connectivity index (χ0v) is 16.7. The fourth-order valence-corrected chi connectivity index (χ4v) is 3.81. The van der Waals surface area contributed by atoms with Gasteiger partial charge >= 0.3 is 0 Å². The zero-order chi connectivity index (χ0) is 18.9. The van der Waals surface area contributed by atoms with E-state index in [1.54, 1.807) is 6.20 Å². The highest BCUT2D eigenvalue weighted by atomic mass is 16.3. The molecule has 26 heavy (non-hydrogen) atoms. The minimum Gasteiger partial charge on any atom is -0.381 e. The Balaban J connectivity index is 2.18. The first-order valence-electron chi connectivity index (χ1n) is 9.75. The monoisotopic (exact) mass is 356 g/mol. The normalized spacial score (nSPS) is 22.2. The maximum absolute atomic E-state index is 11.8. The first kappa shape index (κ1) is 18.9. The van der Waals surface area contributed by atoms with Gasteiger partial charge in [-0.15, -0.1) is 0 Å². The molecule has 1 aliphatic rings. The van der Waals surface area contributed by atoms with Crippen molar-refractivity contribution in [2.75, 3.05) is 5.32 Å². The molecule has 0 fully saturated rings. The number of aromatic amines is 1. The molecule has 0 amide bonds. The molecule has 3 N–H and O–H groups in total. The van der Waals surface area contributed by atoms with Crippen molar-refractivity contribution in [2.24, 2.45) is 5.41 Å². The number of nitrogens with zero attached hydrogens (tertiary/aromatic N) is 2. The van der Waals surface area contributed by atoms with Gasteiger partial charge in [-0.25, -0.2) is 4.98 Å². The Morgan fingerprint density at radius 3 is 2.69 bits per heavy atom. The SMILES string of the molecule is CC(C)Nc1n[nH]c2nccc(C3(O)C=C(C(C)(C)C)CCCCC3)c12. The molecule has 0 aromatic carbocycles. The van der Waals surface area contributed by atoms with Gasteiger partial charge in [-0.05, 0) is 57.1 Å². The van der Waals surface area contributed by atoms with Gasteiger partial charge in [-0.1, -0.05) is 32.8 Å². The van der Waals surface area contributed by atoms with Gasteiger partial charge in [0.05, 0.1) is 5.39 Å². The van der Waals surface area contributed by atoms with Crippen LogP contribution in [0.25, 0.3) is 11.0 Å². The fourth-order valence-electron chi connectivity index (χ4n) is 3.81. The van der Waals surface area contributed by atoms with E-state index in [9.17, 15) is 5.11 Å². The molecular formula is C21H32N4O. The van der Waals surface area contributed by atoms with E-state index >= 15 is 0 Å². The smallest absolute Gasteiger partial charge is 0.158 e. The maximum atomic E-state index is 11.8. The topological polar surface area (TPSA) is 73.8 Å². The van der Waals surface area contributed by atoms with Crippen LogP contribution < -0.4 is 5.32 Å². The quantitative estimate of drug-likeness (QED) is 0.684. The van der Waals surface area contributed by atoms with Crippen LogP contribution in [0.15, 0.2) is 23.9 Å². The summed E-state index contributed by atoms with van der Waals surface area (Å²) in [6.45, 7) is 10.9. The van der Waals surface area contributed by atoms with Crippen LogP contribution >= 0.6 is 0 Å². The average Bonchev–Trinajstić information content (AvgIpc) is 2.92. The molecule has 5 heteroatoms. The lowest BCUT2D eigenvalue weighted by molar-refractivity contribution is 0.0735. The second-order valence-electron chi connectivity index (χ2n) is 8.86. The fraction of sp³-hybridized carbons (Fsp3) is 0.619. The third kappa shape index (κ3) is 3.78. The third-order valence-corrected chi connectivity index (χ3v) is 5.23. The molecule has 1 unspecified atom stereocenters. The minimum absolute atomic E-state index is 0.0485. The number of rotatable bonds is 3. The largest absolute Gasteiger partial charge is 0.381 e. The maximum Gasteiger partial charge on any atom is 0.158 e. The van der Waals surface area contributed by atoms with Crippen molar-refractivity contribution in [3.8, 4) is 0 Å². The van der Waals surface area contributed by atoms with Crippen molar-refractivity contribution < 1.29 is 5.11 Å². The van der Waals surface area contributed by atoms with Crippen molar-refractivity contribution in [1.29, 1.82) is 0 Å². The highest BCUT2D eigenvalue weighted by Gasteiger charge is 2.33. The van der Waals surface area contributed by atoms with E-state index in [4.69, 9.17) is 0 Å². The Morgan fingerprint density at radius 1 is 1.23 bits per heavy atom. The van der Waals surface area contributed by atoms with Gasteiger partial charge in [0.15, 0.2) is 11.5 Å². The van der Waals surface area contributed by atoms with Gasteiger partial charge in [-0.2, -0.15) is 5.10 Å². The minimum atomic E-state index is -0.999. The summed E-state index contributed by atoms with van der Waals surface area (Å²) in [5, 5.41) is 23.5. The van der Waals surface area contributed by atoms with E-state index in [0.717, 1.165) is 42.5 Å². The number of anilines is 1. The second kappa shape index (κ2) is 7.03. The standard InChI is InChI=1S/C21H32N4O/c1-14(2)23-19-17-16(10-12-22-18(17)24-25-19)21(26)11-8-6-7-9-15(13-21)20(3,4)5/h10,12-14,26H,6-9,11H2,1-5H3,(H2,22,23,24,25). The molecule has 1 aliphatic carbocycles. The molecule has 0 aliphatic heterocycles. The van der Waals surface area contributed by atoms with Gasteiger partial charge in [0.2, 0.25) is 0 Å². The van der Waals surface area contributed by atoms with Crippen LogP contribution in [0.5, 0.6) is 0 Å². The molecule has 2 aromatic rings. The van der Waals surface area contributed by atoms with E-state index in [0.29, 0.717) is 5.65 Å². The molecule has 0 saturated carbocycles. The molecule has 1 atom stereocenters. The van der Waals surface area contributed by atoms with E-state index in [-0.39, 0.29) is 11.5 Å². The Labute approximate surface area is 156 Å². The highest BCUT2D eigenvalue weighted by molar-refractivity contribution is 5.91. The summed E-state index contributed by atoms with van der Waals surface area (Å²) in [5.41, 5.74) is 1.98. The van der Waals surface area contributed by atoms with Gasteiger partial charge in [0, 0.05) is 17.8 Å². The number of hydrogen-bond acceptors (Lipinski definition) is 4. The lowest BCUT2D eigenvalue weighted by atomic mass is 9.75. The van der Waals surface area contributed by atoms with Crippen LogP contribution in [0.1, 0.15) is 72.3 Å².